The minimum Gasteiger partial charge on any atom is -0.328 e. The van der Waals surface area contributed by atoms with Crippen LogP contribution in [0.3, 0.4) is 0 Å². The Kier molecular flexibility index (Phi) is 3.03. The van der Waals surface area contributed by atoms with Gasteiger partial charge in [0.2, 0.25) is 0 Å². The van der Waals surface area contributed by atoms with Crippen molar-refractivity contribution in [2.45, 2.75) is 19.5 Å². The SMILES string of the molecule is CC1c2ccccc2C(=O)N1Cc1ccc(Cl)cc1. The Bertz CT molecular complexity index is 621. The lowest BCUT2D eigenvalue weighted by molar-refractivity contribution is 0.0723. The van der Waals surface area contributed by atoms with Crippen LogP contribution in [0.2, 0.25) is 5.02 Å². The van der Waals surface area contributed by atoms with Crippen LogP contribution in [0.4, 0.5) is 0 Å². The van der Waals surface area contributed by atoms with Gasteiger partial charge in [-0.2, -0.15) is 0 Å². The molecule has 1 aliphatic heterocycles. The van der Waals surface area contributed by atoms with E-state index >= 15 is 0 Å². The van der Waals surface area contributed by atoms with E-state index in [9.17, 15) is 4.79 Å². The van der Waals surface area contributed by atoms with Crippen molar-refractivity contribution in [3.05, 3.63) is 70.2 Å². The standard InChI is InChI=1S/C16H14ClNO/c1-11-14-4-2-3-5-15(14)16(19)18(11)10-12-6-8-13(17)9-7-12/h2-9,11H,10H2,1H3. The quantitative estimate of drug-likeness (QED) is 0.807. The van der Waals surface area contributed by atoms with Crippen molar-refractivity contribution >= 4 is 17.5 Å². The van der Waals surface area contributed by atoms with Crippen molar-refractivity contribution in [3.8, 4) is 0 Å². The van der Waals surface area contributed by atoms with E-state index in [0.29, 0.717) is 11.6 Å². The van der Waals surface area contributed by atoms with Gasteiger partial charge in [-0.15, -0.1) is 0 Å². The van der Waals surface area contributed by atoms with Gasteiger partial charge in [-0.3, -0.25) is 4.79 Å². The van der Waals surface area contributed by atoms with Crippen molar-refractivity contribution < 1.29 is 4.79 Å². The zero-order valence-corrected chi connectivity index (χ0v) is 11.4. The molecule has 0 saturated heterocycles. The van der Waals surface area contributed by atoms with Crippen LogP contribution in [-0.2, 0) is 6.54 Å². The maximum atomic E-state index is 12.4. The fraction of sp³-hybridized carbons (Fsp3) is 0.188. The number of benzene rings is 2. The molecule has 0 bridgehead atoms. The van der Waals surface area contributed by atoms with Crippen LogP contribution in [-0.4, -0.2) is 10.8 Å². The first-order valence-corrected chi connectivity index (χ1v) is 6.69. The van der Waals surface area contributed by atoms with Crippen molar-refractivity contribution in [3.63, 3.8) is 0 Å². The van der Waals surface area contributed by atoms with E-state index in [2.05, 4.69) is 6.92 Å². The van der Waals surface area contributed by atoms with Gasteiger partial charge in [-0.1, -0.05) is 41.9 Å². The third-order valence-corrected chi connectivity index (χ3v) is 3.89. The summed E-state index contributed by atoms with van der Waals surface area (Å²) in [6, 6.07) is 15.6. The first-order valence-electron chi connectivity index (χ1n) is 6.31. The summed E-state index contributed by atoms with van der Waals surface area (Å²) < 4.78 is 0. The Morgan fingerprint density at radius 1 is 1.11 bits per heavy atom. The highest BCUT2D eigenvalue weighted by atomic mass is 35.5. The maximum Gasteiger partial charge on any atom is 0.255 e. The summed E-state index contributed by atoms with van der Waals surface area (Å²) >= 11 is 5.88. The van der Waals surface area contributed by atoms with E-state index in [0.717, 1.165) is 16.7 Å². The van der Waals surface area contributed by atoms with Crippen molar-refractivity contribution in [2.75, 3.05) is 0 Å². The van der Waals surface area contributed by atoms with E-state index in [4.69, 9.17) is 11.6 Å². The van der Waals surface area contributed by atoms with Gasteiger partial charge in [0.1, 0.15) is 0 Å². The van der Waals surface area contributed by atoms with E-state index in [1.165, 1.54) is 0 Å². The highest BCUT2D eigenvalue weighted by molar-refractivity contribution is 6.30. The normalized spacial score (nSPS) is 17.7. The molecule has 3 heteroatoms. The summed E-state index contributed by atoms with van der Waals surface area (Å²) in [5.41, 5.74) is 3.03. The van der Waals surface area contributed by atoms with Crippen molar-refractivity contribution in [2.24, 2.45) is 0 Å². The molecule has 1 amide bonds. The monoisotopic (exact) mass is 271 g/mol. The molecule has 1 aliphatic rings. The summed E-state index contributed by atoms with van der Waals surface area (Å²) in [6.07, 6.45) is 0. The highest BCUT2D eigenvalue weighted by Crippen LogP contribution is 2.34. The molecule has 2 nitrogen and oxygen atoms in total. The molecular formula is C16H14ClNO. The summed E-state index contributed by atoms with van der Waals surface area (Å²) in [5, 5.41) is 0.716. The third-order valence-electron chi connectivity index (χ3n) is 3.64. The van der Waals surface area contributed by atoms with Gasteiger partial charge >= 0.3 is 0 Å². The Hall–Kier alpha value is -1.80. The molecular weight excluding hydrogens is 258 g/mol. The summed E-state index contributed by atoms with van der Waals surface area (Å²) in [7, 11) is 0. The Balaban J connectivity index is 1.88. The van der Waals surface area contributed by atoms with Crippen LogP contribution in [0.25, 0.3) is 0 Å². The summed E-state index contributed by atoms with van der Waals surface area (Å²) in [6.45, 7) is 2.69. The van der Waals surface area contributed by atoms with E-state index in [1.807, 2.05) is 53.4 Å². The second-order valence-electron chi connectivity index (χ2n) is 4.82. The number of hydrogen-bond acceptors (Lipinski definition) is 1. The lowest BCUT2D eigenvalue weighted by Gasteiger charge is -2.22. The molecule has 1 heterocycles. The molecule has 0 aromatic heterocycles. The fourth-order valence-corrected chi connectivity index (χ4v) is 2.68. The van der Waals surface area contributed by atoms with Gasteiger partial charge < -0.3 is 4.90 Å². The lowest BCUT2D eigenvalue weighted by Crippen LogP contribution is -2.26. The van der Waals surface area contributed by atoms with Crippen LogP contribution < -0.4 is 0 Å². The topological polar surface area (TPSA) is 20.3 Å². The number of carbonyl (C=O) groups excluding carboxylic acids is 1. The average Bonchev–Trinajstić information content (AvgIpc) is 2.67. The average molecular weight is 272 g/mol. The first-order chi connectivity index (χ1) is 9.16. The lowest BCUT2D eigenvalue weighted by atomic mass is 10.1. The first kappa shape index (κ1) is 12.2. The molecule has 0 N–H and O–H groups in total. The summed E-state index contributed by atoms with van der Waals surface area (Å²) in [4.78, 5) is 14.3. The van der Waals surface area contributed by atoms with Gasteiger partial charge in [0.05, 0.1) is 6.04 Å². The zero-order chi connectivity index (χ0) is 13.4. The smallest absolute Gasteiger partial charge is 0.255 e. The molecule has 2 aromatic rings. The minimum atomic E-state index is 0.109. The van der Waals surface area contributed by atoms with Gasteiger partial charge in [0.25, 0.3) is 5.91 Å². The van der Waals surface area contributed by atoms with E-state index < -0.39 is 0 Å². The van der Waals surface area contributed by atoms with Crippen LogP contribution in [0.5, 0.6) is 0 Å². The van der Waals surface area contributed by atoms with Crippen LogP contribution in [0.1, 0.15) is 34.5 Å². The largest absolute Gasteiger partial charge is 0.328 e. The predicted octanol–water partition coefficient (Wildman–Crippen LogP) is 4.06. The zero-order valence-electron chi connectivity index (χ0n) is 10.6. The van der Waals surface area contributed by atoms with Crippen molar-refractivity contribution in [1.29, 1.82) is 0 Å². The number of halogens is 1. The number of fused-ring (bicyclic) bond motifs is 1. The molecule has 2 aromatic carbocycles. The molecule has 19 heavy (non-hydrogen) atoms. The van der Waals surface area contributed by atoms with Crippen molar-refractivity contribution in [1.82, 2.24) is 4.90 Å². The number of amides is 1. The van der Waals surface area contributed by atoms with Crippen LogP contribution >= 0.6 is 11.6 Å². The molecule has 96 valence electrons. The third kappa shape index (κ3) is 2.13. The Morgan fingerprint density at radius 3 is 2.47 bits per heavy atom. The molecule has 0 spiro atoms. The van der Waals surface area contributed by atoms with Crippen LogP contribution in [0.15, 0.2) is 48.5 Å². The van der Waals surface area contributed by atoms with Gasteiger partial charge in [-0.05, 0) is 36.2 Å². The fourth-order valence-electron chi connectivity index (χ4n) is 2.55. The van der Waals surface area contributed by atoms with Gasteiger partial charge in [-0.25, -0.2) is 0 Å². The molecule has 0 saturated carbocycles. The molecule has 3 rings (SSSR count). The molecule has 0 aliphatic carbocycles. The van der Waals surface area contributed by atoms with E-state index in [1.54, 1.807) is 0 Å². The van der Waals surface area contributed by atoms with Gasteiger partial charge in [0, 0.05) is 17.1 Å². The number of nitrogens with zero attached hydrogens (tertiary/aromatic N) is 1. The highest BCUT2D eigenvalue weighted by Gasteiger charge is 2.33. The maximum absolute atomic E-state index is 12.4. The van der Waals surface area contributed by atoms with Crippen LogP contribution in [0, 0.1) is 0 Å². The second-order valence-corrected chi connectivity index (χ2v) is 5.26. The number of carbonyl (C=O) groups is 1. The number of hydrogen-bond donors (Lipinski definition) is 0. The summed E-state index contributed by atoms with van der Waals surface area (Å²) in [5.74, 6) is 0.109. The van der Waals surface area contributed by atoms with Gasteiger partial charge in [0.15, 0.2) is 0 Å². The molecule has 0 fully saturated rings. The minimum absolute atomic E-state index is 0.109. The molecule has 1 atom stereocenters. The Morgan fingerprint density at radius 2 is 1.79 bits per heavy atom. The second kappa shape index (κ2) is 4.71. The number of rotatable bonds is 2. The molecule has 1 unspecified atom stereocenters. The van der Waals surface area contributed by atoms with E-state index in [-0.39, 0.29) is 11.9 Å². The predicted molar refractivity (Wildman–Crippen MR) is 76.2 cm³/mol. The Labute approximate surface area is 117 Å². The molecule has 0 radical (unpaired) electrons.